The van der Waals surface area contributed by atoms with Crippen LogP contribution >= 0.6 is 0 Å². The Balaban J connectivity index is 1.34. The lowest BCUT2D eigenvalue weighted by Gasteiger charge is -2.39. The number of hydrogen-bond donors (Lipinski definition) is 1. The molecule has 4 aromatic rings. The Morgan fingerprint density at radius 3 is 2.40 bits per heavy atom. The predicted octanol–water partition coefficient (Wildman–Crippen LogP) is 3.34. The zero-order valence-corrected chi connectivity index (χ0v) is 24.5. The van der Waals surface area contributed by atoms with Crippen molar-refractivity contribution in [2.45, 2.75) is 48.6 Å². The van der Waals surface area contributed by atoms with Crippen molar-refractivity contribution < 1.29 is 22.7 Å². The Morgan fingerprint density at radius 2 is 1.76 bits per heavy atom. The minimum Gasteiger partial charge on any atom is -0.382 e. The number of hydrogen-bond acceptors (Lipinski definition) is 9. The molecule has 1 aromatic carbocycles. The van der Waals surface area contributed by atoms with Gasteiger partial charge in [-0.25, -0.2) is 13.4 Å². The molecule has 0 spiro atoms. The lowest BCUT2D eigenvalue weighted by Crippen LogP contribution is -2.47. The van der Waals surface area contributed by atoms with Gasteiger partial charge in [0, 0.05) is 54.3 Å². The second-order valence-corrected chi connectivity index (χ2v) is 12.9. The fraction of sp³-hybridized carbons (Fsp3) is 0.400. The summed E-state index contributed by atoms with van der Waals surface area (Å²) in [4.78, 5) is 24.5. The Morgan fingerprint density at radius 1 is 1.02 bits per heavy atom. The number of nitrogens with two attached hydrogens (primary N) is 1. The van der Waals surface area contributed by atoms with E-state index in [0.717, 1.165) is 35.9 Å². The number of fused-ring (bicyclic) bond motifs is 3. The van der Waals surface area contributed by atoms with Crippen molar-refractivity contribution in [1.82, 2.24) is 24.5 Å². The lowest BCUT2D eigenvalue weighted by molar-refractivity contribution is -0.141. The number of ether oxygens (including phenoxy) is 2. The molecule has 12 heteroatoms. The van der Waals surface area contributed by atoms with Crippen LogP contribution in [0.2, 0.25) is 0 Å². The molecule has 220 valence electrons. The summed E-state index contributed by atoms with van der Waals surface area (Å²) in [6.45, 7) is 0.784. The number of anilines is 1. The maximum absolute atomic E-state index is 13.1. The summed E-state index contributed by atoms with van der Waals surface area (Å²) in [5.41, 5.74) is 10.8. The number of amides is 1. The topological polar surface area (TPSA) is 142 Å². The van der Waals surface area contributed by atoms with Gasteiger partial charge < -0.3 is 20.1 Å². The van der Waals surface area contributed by atoms with Crippen LogP contribution in [0.1, 0.15) is 37.3 Å². The highest BCUT2D eigenvalue weighted by atomic mass is 32.2. The van der Waals surface area contributed by atoms with Gasteiger partial charge in [0.15, 0.2) is 15.5 Å². The molecule has 2 bridgehead atoms. The van der Waals surface area contributed by atoms with Crippen molar-refractivity contribution in [1.29, 1.82) is 0 Å². The number of rotatable bonds is 9. The number of nitrogens with zero attached hydrogens (tertiary/aromatic N) is 5. The smallest absolute Gasteiger partial charge is 0.249 e. The van der Waals surface area contributed by atoms with Crippen molar-refractivity contribution >= 4 is 27.2 Å². The first-order chi connectivity index (χ1) is 20.3. The monoisotopic (exact) mass is 590 g/mol. The molecular weight excluding hydrogens is 556 g/mol. The second-order valence-electron chi connectivity index (χ2n) is 11.0. The van der Waals surface area contributed by atoms with Gasteiger partial charge in [0.05, 0.1) is 30.8 Å². The minimum absolute atomic E-state index is 0.00303. The van der Waals surface area contributed by atoms with Crippen LogP contribution in [0.5, 0.6) is 0 Å². The molecule has 6 rings (SSSR count). The molecule has 2 fully saturated rings. The van der Waals surface area contributed by atoms with Gasteiger partial charge >= 0.3 is 0 Å². The van der Waals surface area contributed by atoms with Gasteiger partial charge in [0.25, 0.3) is 0 Å². The third kappa shape index (κ3) is 5.25. The molecule has 2 unspecified atom stereocenters. The standard InChI is InChI=1S/C30H34N6O5S/c1-40-12-13-41-18-26(37)35-22-9-10-23(35)15-21(14-22)27-28(42(2,38)39)29(31)36-30(34-27)24(17-33-36)20-8-11-25(32-16-20)19-6-4-3-5-7-19/h3-8,11,16-17,21-23H,9-10,12-15,18,31H2,1-2H3. The van der Waals surface area contributed by atoms with E-state index in [-0.39, 0.29) is 41.2 Å². The average Bonchev–Trinajstić information content (AvgIpc) is 3.53. The van der Waals surface area contributed by atoms with Gasteiger partial charge in [0.2, 0.25) is 5.91 Å². The van der Waals surface area contributed by atoms with Crippen LogP contribution in [0.25, 0.3) is 28.0 Å². The van der Waals surface area contributed by atoms with Crippen LogP contribution in [0, 0.1) is 0 Å². The van der Waals surface area contributed by atoms with Gasteiger partial charge in [0.1, 0.15) is 17.3 Å². The Labute approximate surface area is 244 Å². The van der Waals surface area contributed by atoms with Gasteiger partial charge in [-0.15, -0.1) is 0 Å². The first-order valence-electron chi connectivity index (χ1n) is 14.0. The van der Waals surface area contributed by atoms with E-state index in [9.17, 15) is 13.2 Å². The van der Waals surface area contributed by atoms with Crippen LogP contribution in [0.4, 0.5) is 5.82 Å². The second kappa shape index (κ2) is 11.4. The highest BCUT2D eigenvalue weighted by Gasteiger charge is 2.45. The maximum atomic E-state index is 13.1. The van der Waals surface area contributed by atoms with Crippen molar-refractivity contribution in [2.24, 2.45) is 0 Å². The third-order valence-electron chi connectivity index (χ3n) is 8.24. The molecule has 0 aliphatic carbocycles. The zero-order valence-electron chi connectivity index (χ0n) is 23.6. The highest BCUT2D eigenvalue weighted by Crippen LogP contribution is 2.45. The fourth-order valence-corrected chi connectivity index (χ4v) is 7.45. The minimum atomic E-state index is -3.73. The normalized spacial score (nSPS) is 20.3. The van der Waals surface area contributed by atoms with Crippen molar-refractivity contribution in [2.75, 3.05) is 38.9 Å². The van der Waals surface area contributed by atoms with Crippen LogP contribution in [0.15, 0.2) is 59.8 Å². The van der Waals surface area contributed by atoms with Crippen LogP contribution in [-0.2, 0) is 24.1 Å². The number of pyridine rings is 1. The third-order valence-corrected chi connectivity index (χ3v) is 9.40. The van der Waals surface area contributed by atoms with Crippen LogP contribution < -0.4 is 5.73 Å². The van der Waals surface area contributed by atoms with E-state index in [1.807, 2.05) is 47.4 Å². The van der Waals surface area contributed by atoms with E-state index in [0.29, 0.717) is 43.0 Å². The Kier molecular flexibility index (Phi) is 7.69. The van der Waals surface area contributed by atoms with E-state index >= 15 is 0 Å². The molecule has 0 saturated carbocycles. The number of carbonyl (C=O) groups excluding carboxylic acids is 1. The summed E-state index contributed by atoms with van der Waals surface area (Å²) in [5.74, 6) is -0.192. The average molecular weight is 591 g/mol. The van der Waals surface area contributed by atoms with Crippen molar-refractivity contribution in [3.05, 3.63) is 60.6 Å². The Bertz CT molecular complexity index is 1690. The molecule has 5 heterocycles. The molecule has 1 amide bonds. The van der Waals surface area contributed by atoms with Crippen molar-refractivity contribution in [3.63, 3.8) is 0 Å². The summed E-state index contributed by atoms with van der Waals surface area (Å²) in [5, 5.41) is 4.42. The number of sulfone groups is 1. The fourth-order valence-electron chi connectivity index (χ4n) is 6.40. The van der Waals surface area contributed by atoms with Gasteiger partial charge in [-0.1, -0.05) is 36.4 Å². The number of aromatic nitrogens is 4. The molecule has 2 aliphatic heterocycles. The molecule has 2 N–H and O–H groups in total. The van der Waals surface area contributed by atoms with E-state index in [2.05, 4.69) is 10.1 Å². The number of piperidine rings is 1. The zero-order chi connectivity index (χ0) is 29.4. The molecule has 0 radical (unpaired) electrons. The largest absolute Gasteiger partial charge is 0.382 e. The van der Waals surface area contributed by atoms with Gasteiger partial charge in [-0.3, -0.25) is 9.78 Å². The molecular formula is C30H34N6O5S. The summed E-state index contributed by atoms with van der Waals surface area (Å²) < 4.78 is 38.0. The van der Waals surface area contributed by atoms with Crippen LogP contribution in [-0.4, -0.2) is 84.1 Å². The number of methoxy groups -OCH3 is 1. The highest BCUT2D eigenvalue weighted by molar-refractivity contribution is 7.91. The molecule has 42 heavy (non-hydrogen) atoms. The summed E-state index contributed by atoms with van der Waals surface area (Å²) >= 11 is 0. The molecule has 2 saturated heterocycles. The van der Waals surface area contributed by atoms with E-state index in [4.69, 9.17) is 20.2 Å². The van der Waals surface area contributed by atoms with E-state index < -0.39 is 9.84 Å². The number of carbonyl (C=O) groups is 1. The SMILES string of the molecule is COCCOCC(=O)N1C2CCC1CC(c1nc3c(-c4ccc(-c5ccccc5)nc4)cnn3c(N)c1S(C)(=O)=O)C2. The van der Waals surface area contributed by atoms with Crippen molar-refractivity contribution in [3.8, 4) is 22.4 Å². The molecule has 2 aliphatic rings. The number of benzene rings is 1. The lowest BCUT2D eigenvalue weighted by atomic mass is 9.87. The molecule has 3 aromatic heterocycles. The first kappa shape index (κ1) is 28.3. The maximum Gasteiger partial charge on any atom is 0.249 e. The quantitative estimate of drug-likeness (QED) is 0.290. The molecule has 2 atom stereocenters. The predicted molar refractivity (Wildman–Crippen MR) is 158 cm³/mol. The summed E-state index contributed by atoms with van der Waals surface area (Å²) in [7, 11) is -2.14. The van der Waals surface area contributed by atoms with Gasteiger partial charge in [-0.2, -0.15) is 9.61 Å². The van der Waals surface area contributed by atoms with Gasteiger partial charge in [-0.05, 0) is 31.7 Å². The Hall–Kier alpha value is -3.87. The first-order valence-corrected chi connectivity index (χ1v) is 15.9. The summed E-state index contributed by atoms with van der Waals surface area (Å²) in [6.07, 6.45) is 7.46. The van der Waals surface area contributed by atoms with E-state index in [1.54, 1.807) is 19.5 Å². The van der Waals surface area contributed by atoms with Crippen LogP contribution in [0.3, 0.4) is 0 Å². The summed E-state index contributed by atoms with van der Waals surface area (Å²) in [6, 6.07) is 13.7. The van der Waals surface area contributed by atoms with E-state index in [1.165, 1.54) is 4.52 Å². The number of nitrogen functional groups attached to an aromatic ring is 1. The molecule has 11 nitrogen and oxygen atoms in total.